The molecule has 0 spiro atoms. The van der Waals surface area contributed by atoms with E-state index in [0.29, 0.717) is 17.9 Å². The van der Waals surface area contributed by atoms with Gasteiger partial charge in [-0.3, -0.25) is 0 Å². The molecule has 0 amide bonds. The molecule has 4 heteroatoms. The van der Waals surface area contributed by atoms with E-state index in [1.165, 1.54) is 12.2 Å². The summed E-state index contributed by atoms with van der Waals surface area (Å²) < 4.78 is 36.1. The van der Waals surface area contributed by atoms with Gasteiger partial charge in [0.05, 0.1) is 12.2 Å². The molecule has 0 bridgehead atoms. The third kappa shape index (κ3) is 3.25. The average molecular weight is 351 g/mol. The van der Waals surface area contributed by atoms with Crippen LogP contribution in [0.2, 0.25) is 0 Å². The maximum atomic E-state index is 15.7. The highest BCUT2D eigenvalue weighted by Crippen LogP contribution is 2.46. The zero-order valence-electron chi connectivity index (χ0n) is 14.5. The Bertz CT molecular complexity index is 910. The molecule has 0 aromatic heterocycles. The molecule has 2 nitrogen and oxygen atoms in total. The highest BCUT2D eigenvalue weighted by molar-refractivity contribution is 5.71. The molecular formula is C22H19F2NO. The van der Waals surface area contributed by atoms with Gasteiger partial charge in [-0.2, -0.15) is 5.26 Å². The second-order valence-corrected chi connectivity index (χ2v) is 6.17. The van der Waals surface area contributed by atoms with Gasteiger partial charge >= 0.3 is 0 Å². The highest BCUT2D eigenvalue weighted by atomic mass is 19.2. The van der Waals surface area contributed by atoms with E-state index < -0.39 is 11.5 Å². The van der Waals surface area contributed by atoms with Crippen molar-refractivity contribution in [2.75, 3.05) is 6.61 Å². The lowest BCUT2D eigenvalue weighted by Crippen LogP contribution is -2.24. The van der Waals surface area contributed by atoms with E-state index in [1.807, 2.05) is 31.2 Å². The molecule has 2 aromatic carbocycles. The summed E-state index contributed by atoms with van der Waals surface area (Å²) in [5.74, 6) is -0.349. The number of alkyl halides is 1. The average Bonchev–Trinajstić information content (AvgIpc) is 2.69. The van der Waals surface area contributed by atoms with Crippen molar-refractivity contribution in [3.63, 3.8) is 0 Å². The topological polar surface area (TPSA) is 33.0 Å². The van der Waals surface area contributed by atoms with Gasteiger partial charge in [0.15, 0.2) is 11.5 Å². The van der Waals surface area contributed by atoms with Crippen LogP contribution >= 0.6 is 0 Å². The SMILES string of the molecule is CCCOc1cccc(-c2ccccc2C2(F)CC=CC(C#N)=C2F)c1. The first kappa shape index (κ1) is 17.9. The van der Waals surface area contributed by atoms with E-state index in [0.717, 1.165) is 12.0 Å². The molecule has 26 heavy (non-hydrogen) atoms. The van der Waals surface area contributed by atoms with E-state index in [4.69, 9.17) is 10.00 Å². The molecule has 132 valence electrons. The van der Waals surface area contributed by atoms with Crippen LogP contribution in [0.1, 0.15) is 25.3 Å². The zero-order valence-corrected chi connectivity index (χ0v) is 14.5. The fourth-order valence-electron chi connectivity index (χ4n) is 3.08. The molecule has 0 saturated heterocycles. The van der Waals surface area contributed by atoms with Crippen LogP contribution in [0.3, 0.4) is 0 Å². The lowest BCUT2D eigenvalue weighted by molar-refractivity contribution is 0.176. The Morgan fingerprint density at radius 2 is 2.00 bits per heavy atom. The van der Waals surface area contributed by atoms with Gasteiger partial charge in [-0.25, -0.2) is 8.78 Å². The van der Waals surface area contributed by atoms with Gasteiger partial charge < -0.3 is 4.74 Å². The number of hydrogen-bond acceptors (Lipinski definition) is 2. The number of ether oxygens (including phenoxy) is 1. The largest absolute Gasteiger partial charge is 0.494 e. The number of hydrogen-bond donors (Lipinski definition) is 0. The first-order valence-corrected chi connectivity index (χ1v) is 8.58. The minimum absolute atomic E-state index is 0.146. The molecular weight excluding hydrogens is 332 g/mol. The summed E-state index contributed by atoms with van der Waals surface area (Å²) in [6, 6.07) is 15.8. The molecule has 1 unspecified atom stereocenters. The fourth-order valence-corrected chi connectivity index (χ4v) is 3.08. The smallest absolute Gasteiger partial charge is 0.192 e. The van der Waals surface area contributed by atoms with Gasteiger partial charge in [0, 0.05) is 12.0 Å². The molecule has 0 N–H and O–H groups in total. The van der Waals surface area contributed by atoms with Crippen molar-refractivity contribution in [2.45, 2.75) is 25.4 Å². The Kier molecular flexibility index (Phi) is 5.18. The van der Waals surface area contributed by atoms with Gasteiger partial charge in [-0.15, -0.1) is 0 Å². The van der Waals surface area contributed by atoms with Crippen LogP contribution in [0.5, 0.6) is 5.75 Å². The Morgan fingerprint density at radius 1 is 1.19 bits per heavy atom. The number of halogens is 2. The van der Waals surface area contributed by atoms with Crippen LogP contribution in [0.15, 0.2) is 72.1 Å². The van der Waals surface area contributed by atoms with E-state index in [9.17, 15) is 4.39 Å². The van der Waals surface area contributed by atoms with Crippen molar-refractivity contribution in [1.82, 2.24) is 0 Å². The first-order valence-electron chi connectivity index (χ1n) is 8.58. The van der Waals surface area contributed by atoms with Crippen LogP contribution in [-0.2, 0) is 5.67 Å². The van der Waals surface area contributed by atoms with Gasteiger partial charge in [0.2, 0.25) is 0 Å². The number of nitrogens with zero attached hydrogens (tertiary/aromatic N) is 1. The summed E-state index contributed by atoms with van der Waals surface area (Å²) in [6.45, 7) is 2.61. The number of benzene rings is 2. The summed E-state index contributed by atoms with van der Waals surface area (Å²) >= 11 is 0. The Balaban J connectivity index is 2.09. The maximum absolute atomic E-state index is 15.7. The van der Waals surface area contributed by atoms with Crippen LogP contribution in [0.4, 0.5) is 8.78 Å². The highest BCUT2D eigenvalue weighted by Gasteiger charge is 2.41. The van der Waals surface area contributed by atoms with Gasteiger partial charge in [0.25, 0.3) is 0 Å². The monoisotopic (exact) mass is 351 g/mol. The van der Waals surface area contributed by atoms with E-state index >= 15 is 4.39 Å². The molecule has 0 saturated carbocycles. The van der Waals surface area contributed by atoms with Crippen molar-refractivity contribution in [3.8, 4) is 22.9 Å². The molecule has 2 aromatic rings. The predicted octanol–water partition coefficient (Wildman–Crippen LogP) is 6.01. The van der Waals surface area contributed by atoms with Crippen LogP contribution < -0.4 is 4.74 Å². The van der Waals surface area contributed by atoms with Gasteiger partial charge in [0.1, 0.15) is 11.8 Å². The van der Waals surface area contributed by atoms with Crippen LogP contribution in [-0.4, -0.2) is 6.61 Å². The lowest BCUT2D eigenvalue weighted by atomic mass is 9.81. The second-order valence-electron chi connectivity index (χ2n) is 6.17. The van der Waals surface area contributed by atoms with Gasteiger partial charge in [-0.05, 0) is 35.8 Å². The Labute approximate surface area is 152 Å². The van der Waals surface area contributed by atoms with E-state index in [-0.39, 0.29) is 17.6 Å². The van der Waals surface area contributed by atoms with Gasteiger partial charge in [-0.1, -0.05) is 49.4 Å². The molecule has 0 heterocycles. The Hall–Kier alpha value is -2.93. The number of nitriles is 1. The third-order valence-electron chi connectivity index (χ3n) is 4.36. The van der Waals surface area contributed by atoms with Crippen molar-refractivity contribution in [3.05, 3.63) is 77.6 Å². The minimum atomic E-state index is -2.35. The molecule has 0 aliphatic heterocycles. The molecule has 0 radical (unpaired) electrons. The second kappa shape index (κ2) is 7.53. The predicted molar refractivity (Wildman–Crippen MR) is 98.0 cm³/mol. The van der Waals surface area contributed by atoms with Crippen molar-refractivity contribution in [1.29, 1.82) is 5.26 Å². The normalized spacial score (nSPS) is 19.3. The van der Waals surface area contributed by atoms with Crippen LogP contribution in [0, 0.1) is 11.3 Å². The van der Waals surface area contributed by atoms with Crippen molar-refractivity contribution >= 4 is 0 Å². The zero-order chi connectivity index (χ0) is 18.6. The summed E-state index contributed by atoms with van der Waals surface area (Å²) in [4.78, 5) is 0. The maximum Gasteiger partial charge on any atom is 0.192 e. The van der Waals surface area contributed by atoms with E-state index in [2.05, 4.69) is 0 Å². The molecule has 1 aliphatic carbocycles. The quantitative estimate of drug-likeness (QED) is 0.660. The fraction of sp³-hybridized carbons (Fsp3) is 0.227. The summed E-state index contributed by atoms with van der Waals surface area (Å²) in [5, 5.41) is 9.06. The summed E-state index contributed by atoms with van der Waals surface area (Å²) in [7, 11) is 0. The van der Waals surface area contributed by atoms with Crippen LogP contribution in [0.25, 0.3) is 11.1 Å². The van der Waals surface area contributed by atoms with Crippen molar-refractivity contribution < 1.29 is 13.5 Å². The molecule has 3 rings (SSSR count). The minimum Gasteiger partial charge on any atom is -0.494 e. The first-order chi connectivity index (χ1) is 12.6. The molecule has 1 atom stereocenters. The standard InChI is InChI=1S/C22H19F2NO/c1-2-13-26-18-9-5-7-16(14-18)19-10-3-4-11-20(19)22(24)12-6-8-17(15-25)21(22)23/h3-11,14H,2,12-13H2,1H3. The molecule has 0 fully saturated rings. The van der Waals surface area contributed by atoms with Crippen molar-refractivity contribution in [2.24, 2.45) is 0 Å². The van der Waals surface area contributed by atoms with E-state index in [1.54, 1.807) is 30.3 Å². The summed E-state index contributed by atoms with van der Waals surface area (Å²) in [5.41, 5.74) is -1.08. The number of allylic oxidation sites excluding steroid dienone is 4. The number of rotatable bonds is 5. The molecule has 1 aliphatic rings. The Morgan fingerprint density at radius 3 is 2.77 bits per heavy atom. The summed E-state index contributed by atoms with van der Waals surface area (Å²) in [6.07, 6.45) is 3.56. The lowest BCUT2D eigenvalue weighted by Gasteiger charge is -2.28. The third-order valence-corrected chi connectivity index (χ3v) is 4.36.